The molecule has 0 saturated carbocycles. The fraction of sp³-hybridized carbons (Fsp3) is 0.250. The maximum Gasteiger partial charge on any atom is 0.288 e. The van der Waals surface area contributed by atoms with Gasteiger partial charge in [0, 0.05) is 12.1 Å². The van der Waals surface area contributed by atoms with Gasteiger partial charge < -0.3 is 15.8 Å². The number of pyridine rings is 1. The summed E-state index contributed by atoms with van der Waals surface area (Å²) in [5.41, 5.74) is 5.98. The summed E-state index contributed by atoms with van der Waals surface area (Å²) in [6, 6.07) is 8.60. The first-order chi connectivity index (χ1) is 11.4. The summed E-state index contributed by atoms with van der Waals surface area (Å²) in [7, 11) is 1.60. The number of nitrogens with zero attached hydrogens (tertiary/aromatic N) is 2. The van der Waals surface area contributed by atoms with Crippen LogP contribution in [0.15, 0.2) is 36.5 Å². The molecule has 0 spiro atoms. The number of hydrogen-bond donors (Lipinski definition) is 2. The van der Waals surface area contributed by atoms with E-state index in [-0.39, 0.29) is 23.1 Å². The number of rotatable bonds is 7. The van der Waals surface area contributed by atoms with Gasteiger partial charge in [0.1, 0.15) is 17.8 Å². The zero-order valence-electron chi connectivity index (χ0n) is 13.4. The molecule has 1 aromatic carbocycles. The Hall–Kier alpha value is -3.16. The number of anilines is 1. The van der Waals surface area contributed by atoms with Gasteiger partial charge >= 0.3 is 0 Å². The van der Waals surface area contributed by atoms with Crippen molar-refractivity contribution < 1.29 is 14.5 Å². The predicted octanol–water partition coefficient (Wildman–Crippen LogP) is 2.14. The quantitative estimate of drug-likeness (QED) is 0.592. The lowest BCUT2D eigenvalue weighted by Gasteiger charge is -2.17. The molecule has 1 heterocycles. The summed E-state index contributed by atoms with van der Waals surface area (Å²) in [6.07, 6.45) is 1.70. The standard InChI is InChI=1S/C16H18N4O4/c1-10(7-11-5-3-4-6-14(11)24-2)19-16-13(15(17)21)8-12(9-18-16)20(22)23/h3-6,8-10H,7H2,1-2H3,(H2,17,21)(H,18,19)/t10-/m1/s1. The van der Waals surface area contributed by atoms with Crippen LogP contribution in [0.3, 0.4) is 0 Å². The highest BCUT2D eigenvalue weighted by Crippen LogP contribution is 2.22. The van der Waals surface area contributed by atoms with Crippen LogP contribution in [0.5, 0.6) is 5.75 Å². The number of aromatic nitrogens is 1. The molecule has 1 aromatic heterocycles. The highest BCUT2D eigenvalue weighted by atomic mass is 16.6. The van der Waals surface area contributed by atoms with Crippen molar-refractivity contribution in [2.24, 2.45) is 5.73 Å². The van der Waals surface area contributed by atoms with Crippen LogP contribution < -0.4 is 15.8 Å². The maximum absolute atomic E-state index is 11.5. The molecule has 2 aromatic rings. The Morgan fingerprint density at radius 1 is 1.46 bits per heavy atom. The van der Waals surface area contributed by atoms with Crippen LogP contribution in [-0.4, -0.2) is 29.0 Å². The third-order valence-electron chi connectivity index (χ3n) is 3.45. The third-order valence-corrected chi connectivity index (χ3v) is 3.45. The topological polar surface area (TPSA) is 120 Å². The van der Waals surface area contributed by atoms with Gasteiger partial charge in [0.15, 0.2) is 0 Å². The normalized spacial score (nSPS) is 11.6. The first-order valence-electron chi connectivity index (χ1n) is 7.25. The number of ether oxygens (including phenoxy) is 1. The van der Waals surface area contributed by atoms with Crippen LogP contribution in [0.25, 0.3) is 0 Å². The molecule has 24 heavy (non-hydrogen) atoms. The monoisotopic (exact) mass is 330 g/mol. The lowest BCUT2D eigenvalue weighted by Crippen LogP contribution is -2.23. The van der Waals surface area contributed by atoms with Crippen LogP contribution >= 0.6 is 0 Å². The molecule has 0 fully saturated rings. The summed E-state index contributed by atoms with van der Waals surface area (Å²) in [4.78, 5) is 25.7. The fourth-order valence-corrected chi connectivity index (χ4v) is 2.34. The molecule has 8 heteroatoms. The number of nitrogens with one attached hydrogen (secondary N) is 1. The predicted molar refractivity (Wildman–Crippen MR) is 89.2 cm³/mol. The van der Waals surface area contributed by atoms with Crippen LogP contribution in [0.4, 0.5) is 11.5 Å². The lowest BCUT2D eigenvalue weighted by atomic mass is 10.1. The van der Waals surface area contributed by atoms with Crippen molar-refractivity contribution in [2.45, 2.75) is 19.4 Å². The molecular formula is C16H18N4O4. The van der Waals surface area contributed by atoms with Gasteiger partial charge in [-0.2, -0.15) is 0 Å². The van der Waals surface area contributed by atoms with E-state index in [1.165, 1.54) is 0 Å². The molecule has 0 radical (unpaired) electrons. The molecule has 0 aliphatic heterocycles. The van der Waals surface area contributed by atoms with E-state index in [1.807, 2.05) is 31.2 Å². The number of carbonyl (C=O) groups is 1. The van der Waals surface area contributed by atoms with Gasteiger partial charge in [-0.25, -0.2) is 4.98 Å². The molecule has 1 amide bonds. The van der Waals surface area contributed by atoms with Crippen LogP contribution in [-0.2, 0) is 6.42 Å². The molecule has 0 bridgehead atoms. The number of nitrogens with two attached hydrogens (primary N) is 1. The van der Waals surface area contributed by atoms with Gasteiger partial charge in [0.25, 0.3) is 11.6 Å². The molecular weight excluding hydrogens is 312 g/mol. The summed E-state index contributed by atoms with van der Waals surface area (Å²) in [5.74, 6) is 0.201. The summed E-state index contributed by atoms with van der Waals surface area (Å²) in [6.45, 7) is 1.90. The highest BCUT2D eigenvalue weighted by molar-refractivity contribution is 5.98. The van der Waals surface area contributed by atoms with E-state index < -0.39 is 10.8 Å². The van der Waals surface area contributed by atoms with Gasteiger partial charge in [-0.3, -0.25) is 14.9 Å². The number of amides is 1. The minimum absolute atomic E-state index is 0.0175. The molecule has 2 rings (SSSR count). The second-order valence-corrected chi connectivity index (χ2v) is 5.27. The van der Waals surface area contributed by atoms with E-state index in [1.54, 1.807) is 7.11 Å². The third kappa shape index (κ3) is 3.97. The Kier molecular flexibility index (Phi) is 5.31. The number of benzene rings is 1. The SMILES string of the molecule is COc1ccccc1C[C@@H](C)Nc1ncc([N+](=O)[O-])cc1C(N)=O. The number of hydrogen-bond acceptors (Lipinski definition) is 6. The molecule has 0 aliphatic rings. The number of primary amides is 1. The van der Waals surface area contributed by atoms with Crippen LogP contribution in [0.1, 0.15) is 22.8 Å². The van der Waals surface area contributed by atoms with E-state index in [0.717, 1.165) is 23.6 Å². The van der Waals surface area contributed by atoms with Gasteiger partial charge in [-0.05, 0) is 25.0 Å². The minimum atomic E-state index is -0.779. The fourth-order valence-electron chi connectivity index (χ4n) is 2.34. The Morgan fingerprint density at radius 3 is 2.79 bits per heavy atom. The molecule has 1 atom stereocenters. The average Bonchev–Trinajstić information content (AvgIpc) is 2.55. The zero-order chi connectivity index (χ0) is 17.7. The van der Waals surface area contributed by atoms with Crippen molar-refractivity contribution in [1.29, 1.82) is 0 Å². The van der Waals surface area contributed by atoms with Gasteiger partial charge in [0.2, 0.25) is 0 Å². The maximum atomic E-state index is 11.5. The zero-order valence-corrected chi connectivity index (χ0v) is 13.4. The van der Waals surface area contributed by atoms with E-state index in [0.29, 0.717) is 6.42 Å². The molecule has 8 nitrogen and oxygen atoms in total. The van der Waals surface area contributed by atoms with Crippen LogP contribution in [0, 0.1) is 10.1 Å². The van der Waals surface area contributed by atoms with Crippen molar-refractivity contribution in [3.63, 3.8) is 0 Å². The molecule has 0 saturated heterocycles. The van der Waals surface area contributed by atoms with Gasteiger partial charge in [0.05, 0.1) is 17.6 Å². The Labute approximate surface area is 138 Å². The minimum Gasteiger partial charge on any atom is -0.496 e. The van der Waals surface area contributed by atoms with Crippen molar-refractivity contribution in [3.8, 4) is 5.75 Å². The first kappa shape index (κ1) is 17.2. The first-order valence-corrected chi connectivity index (χ1v) is 7.25. The molecule has 126 valence electrons. The number of para-hydroxylation sites is 1. The Balaban J connectivity index is 2.20. The van der Waals surface area contributed by atoms with E-state index in [4.69, 9.17) is 10.5 Å². The van der Waals surface area contributed by atoms with E-state index in [9.17, 15) is 14.9 Å². The second kappa shape index (κ2) is 7.40. The number of nitro groups is 1. The Bertz CT molecular complexity index is 763. The van der Waals surface area contributed by atoms with Gasteiger partial charge in [-0.15, -0.1) is 0 Å². The second-order valence-electron chi connectivity index (χ2n) is 5.27. The van der Waals surface area contributed by atoms with Gasteiger partial charge in [-0.1, -0.05) is 18.2 Å². The van der Waals surface area contributed by atoms with E-state index in [2.05, 4.69) is 10.3 Å². The Morgan fingerprint density at radius 2 is 2.17 bits per heavy atom. The summed E-state index contributed by atoms with van der Waals surface area (Å²) in [5, 5.41) is 13.9. The number of carbonyl (C=O) groups excluding carboxylic acids is 1. The highest BCUT2D eigenvalue weighted by Gasteiger charge is 2.18. The van der Waals surface area contributed by atoms with Crippen molar-refractivity contribution in [1.82, 2.24) is 4.98 Å². The lowest BCUT2D eigenvalue weighted by molar-refractivity contribution is -0.385. The van der Waals surface area contributed by atoms with Crippen molar-refractivity contribution >= 4 is 17.4 Å². The van der Waals surface area contributed by atoms with Crippen molar-refractivity contribution in [2.75, 3.05) is 12.4 Å². The molecule has 0 unspecified atom stereocenters. The number of methoxy groups -OCH3 is 1. The largest absolute Gasteiger partial charge is 0.496 e. The average molecular weight is 330 g/mol. The summed E-state index contributed by atoms with van der Waals surface area (Å²) >= 11 is 0. The van der Waals surface area contributed by atoms with Crippen molar-refractivity contribution in [3.05, 3.63) is 57.8 Å². The molecule has 0 aliphatic carbocycles. The smallest absolute Gasteiger partial charge is 0.288 e. The van der Waals surface area contributed by atoms with E-state index >= 15 is 0 Å². The summed E-state index contributed by atoms with van der Waals surface area (Å²) < 4.78 is 5.31. The van der Waals surface area contributed by atoms with Crippen LogP contribution in [0.2, 0.25) is 0 Å². The molecule has 3 N–H and O–H groups in total.